The Kier molecular flexibility index (Phi) is 4.82. The van der Waals surface area contributed by atoms with Crippen molar-refractivity contribution in [1.29, 1.82) is 0 Å². The lowest BCUT2D eigenvalue weighted by molar-refractivity contribution is -0.141. The summed E-state index contributed by atoms with van der Waals surface area (Å²) < 4.78 is 44.3. The van der Waals surface area contributed by atoms with Gasteiger partial charge in [0.2, 0.25) is 0 Å². The first-order chi connectivity index (χ1) is 11.4. The lowest BCUT2D eigenvalue weighted by Gasteiger charge is -2.09. The Labute approximate surface area is 144 Å². The molecule has 0 atom stereocenters. The quantitative estimate of drug-likeness (QED) is 0.436. The van der Waals surface area contributed by atoms with Crippen LogP contribution in [0.1, 0.15) is 11.3 Å². The van der Waals surface area contributed by atoms with Gasteiger partial charge < -0.3 is 4.42 Å². The minimum Gasteiger partial charge on any atom is -0.463 e. The molecule has 0 N–H and O–H groups in total. The number of rotatable bonds is 4. The fourth-order valence-corrected chi connectivity index (χ4v) is 3.09. The van der Waals surface area contributed by atoms with Gasteiger partial charge in [0.05, 0.1) is 6.26 Å². The molecule has 24 heavy (non-hydrogen) atoms. The van der Waals surface area contributed by atoms with Crippen molar-refractivity contribution < 1.29 is 17.6 Å². The molecule has 0 unspecified atom stereocenters. The monoisotopic (exact) mass is 370 g/mol. The maximum Gasteiger partial charge on any atom is 0.433 e. The lowest BCUT2D eigenvalue weighted by atomic mass is 10.2. The highest BCUT2D eigenvalue weighted by Crippen LogP contribution is 2.33. The second kappa shape index (κ2) is 6.86. The Bertz CT molecular complexity index is 838. The molecule has 0 saturated heterocycles. The maximum atomic E-state index is 13.1. The van der Waals surface area contributed by atoms with Crippen LogP contribution in [0, 0.1) is 0 Å². The number of thioether (sulfide) groups is 1. The standard InChI is InChI=1S/C16H10ClF3N2OS/c17-11-5-2-1-4-10(11)9-24-15-21-12(13-6-3-7-23-13)8-14(22-15)16(18,19)20/h1-8H,9H2. The molecule has 0 radical (unpaired) electrons. The van der Waals surface area contributed by atoms with E-state index in [1.54, 1.807) is 30.3 Å². The highest BCUT2D eigenvalue weighted by molar-refractivity contribution is 7.98. The van der Waals surface area contributed by atoms with E-state index in [0.29, 0.717) is 10.8 Å². The number of nitrogens with zero attached hydrogens (tertiary/aromatic N) is 2. The minimum absolute atomic E-state index is 0.0103. The van der Waals surface area contributed by atoms with Crippen LogP contribution in [-0.4, -0.2) is 9.97 Å². The zero-order chi connectivity index (χ0) is 17.2. The zero-order valence-corrected chi connectivity index (χ0v) is 13.6. The maximum absolute atomic E-state index is 13.1. The summed E-state index contributed by atoms with van der Waals surface area (Å²) in [5.74, 6) is 0.612. The van der Waals surface area contributed by atoms with Crippen LogP contribution in [0.3, 0.4) is 0 Å². The molecule has 0 aliphatic rings. The van der Waals surface area contributed by atoms with Crippen LogP contribution < -0.4 is 0 Å². The summed E-state index contributed by atoms with van der Waals surface area (Å²) in [6.45, 7) is 0. The zero-order valence-electron chi connectivity index (χ0n) is 12.0. The number of aromatic nitrogens is 2. The molecular weight excluding hydrogens is 361 g/mol. The molecule has 0 amide bonds. The number of hydrogen-bond donors (Lipinski definition) is 0. The van der Waals surface area contributed by atoms with Gasteiger partial charge in [-0.15, -0.1) is 0 Å². The lowest BCUT2D eigenvalue weighted by Crippen LogP contribution is -2.10. The Morgan fingerprint density at radius 2 is 1.88 bits per heavy atom. The van der Waals surface area contributed by atoms with Crippen molar-refractivity contribution in [2.75, 3.05) is 0 Å². The van der Waals surface area contributed by atoms with Crippen LogP contribution in [0.4, 0.5) is 13.2 Å². The van der Waals surface area contributed by atoms with E-state index in [0.717, 1.165) is 23.4 Å². The third kappa shape index (κ3) is 3.91. The smallest absolute Gasteiger partial charge is 0.433 e. The van der Waals surface area contributed by atoms with Crippen LogP contribution in [-0.2, 0) is 11.9 Å². The topological polar surface area (TPSA) is 38.9 Å². The molecular formula is C16H10ClF3N2OS. The molecule has 0 fully saturated rings. The number of hydrogen-bond acceptors (Lipinski definition) is 4. The van der Waals surface area contributed by atoms with Gasteiger partial charge in [0, 0.05) is 10.8 Å². The number of halogens is 4. The van der Waals surface area contributed by atoms with E-state index >= 15 is 0 Å². The minimum atomic E-state index is -4.57. The second-order valence-corrected chi connectivity index (χ2v) is 6.13. The van der Waals surface area contributed by atoms with E-state index in [-0.39, 0.29) is 16.6 Å². The average molecular weight is 371 g/mol. The SMILES string of the molecule is FC(F)(F)c1cc(-c2ccco2)nc(SCc2ccccc2Cl)n1. The van der Waals surface area contributed by atoms with Crippen molar-refractivity contribution in [2.24, 2.45) is 0 Å². The molecule has 8 heteroatoms. The van der Waals surface area contributed by atoms with E-state index in [4.69, 9.17) is 16.0 Å². The van der Waals surface area contributed by atoms with Gasteiger partial charge in [0.15, 0.2) is 10.9 Å². The van der Waals surface area contributed by atoms with Gasteiger partial charge in [-0.3, -0.25) is 0 Å². The predicted octanol–water partition coefficient (Wildman–Crippen LogP) is 5.70. The normalized spacial score (nSPS) is 11.7. The summed E-state index contributed by atoms with van der Waals surface area (Å²) >= 11 is 7.14. The average Bonchev–Trinajstić information content (AvgIpc) is 3.07. The summed E-state index contributed by atoms with van der Waals surface area (Å²) in [4.78, 5) is 7.75. The van der Waals surface area contributed by atoms with Gasteiger partial charge in [-0.2, -0.15) is 13.2 Å². The molecule has 0 aliphatic heterocycles. The van der Waals surface area contributed by atoms with E-state index in [1.807, 2.05) is 6.07 Å². The Morgan fingerprint density at radius 1 is 1.08 bits per heavy atom. The summed E-state index contributed by atoms with van der Waals surface area (Å²) in [5.41, 5.74) is -0.126. The largest absolute Gasteiger partial charge is 0.463 e. The van der Waals surface area contributed by atoms with E-state index < -0.39 is 11.9 Å². The van der Waals surface area contributed by atoms with Gasteiger partial charge in [-0.05, 0) is 29.8 Å². The van der Waals surface area contributed by atoms with E-state index in [1.165, 1.54) is 6.26 Å². The summed E-state index contributed by atoms with van der Waals surface area (Å²) in [6.07, 6.45) is -3.19. The summed E-state index contributed by atoms with van der Waals surface area (Å²) in [6, 6.07) is 11.1. The molecule has 0 spiro atoms. The highest BCUT2D eigenvalue weighted by Gasteiger charge is 2.34. The highest BCUT2D eigenvalue weighted by atomic mass is 35.5. The third-order valence-corrected chi connectivity index (χ3v) is 4.35. The van der Waals surface area contributed by atoms with Crippen molar-refractivity contribution >= 4 is 23.4 Å². The molecule has 124 valence electrons. The summed E-state index contributed by atoms with van der Waals surface area (Å²) in [5, 5.41) is 0.555. The van der Waals surface area contributed by atoms with Crippen LogP contribution >= 0.6 is 23.4 Å². The molecule has 2 aromatic heterocycles. The predicted molar refractivity (Wildman–Crippen MR) is 85.7 cm³/mol. The Hall–Kier alpha value is -1.99. The van der Waals surface area contributed by atoms with Crippen molar-refractivity contribution in [3.8, 4) is 11.5 Å². The molecule has 0 aliphatic carbocycles. The van der Waals surface area contributed by atoms with Crippen molar-refractivity contribution in [3.63, 3.8) is 0 Å². The summed E-state index contributed by atoms with van der Waals surface area (Å²) in [7, 11) is 0. The van der Waals surface area contributed by atoms with Crippen LogP contribution in [0.5, 0.6) is 0 Å². The van der Waals surface area contributed by atoms with Crippen molar-refractivity contribution in [1.82, 2.24) is 9.97 Å². The van der Waals surface area contributed by atoms with E-state index in [9.17, 15) is 13.2 Å². The first-order valence-corrected chi connectivity index (χ1v) is 8.16. The Balaban J connectivity index is 1.92. The van der Waals surface area contributed by atoms with Crippen molar-refractivity contribution in [2.45, 2.75) is 17.1 Å². The molecule has 2 heterocycles. The van der Waals surface area contributed by atoms with Gasteiger partial charge in [-0.1, -0.05) is 41.6 Å². The number of furan rings is 1. The van der Waals surface area contributed by atoms with Gasteiger partial charge in [0.25, 0.3) is 0 Å². The molecule has 1 aromatic carbocycles. The Morgan fingerprint density at radius 3 is 2.54 bits per heavy atom. The van der Waals surface area contributed by atoms with Crippen LogP contribution in [0.2, 0.25) is 5.02 Å². The van der Waals surface area contributed by atoms with Crippen LogP contribution in [0.25, 0.3) is 11.5 Å². The number of benzene rings is 1. The second-order valence-electron chi connectivity index (χ2n) is 4.78. The molecule has 3 aromatic rings. The first kappa shape index (κ1) is 16.9. The third-order valence-electron chi connectivity index (χ3n) is 3.08. The molecule has 3 rings (SSSR count). The van der Waals surface area contributed by atoms with Crippen LogP contribution in [0.15, 0.2) is 58.3 Å². The van der Waals surface area contributed by atoms with E-state index in [2.05, 4.69) is 9.97 Å². The molecule has 3 nitrogen and oxygen atoms in total. The van der Waals surface area contributed by atoms with Crippen molar-refractivity contribution in [3.05, 3.63) is 65.0 Å². The van der Waals surface area contributed by atoms with Gasteiger partial charge in [0.1, 0.15) is 11.4 Å². The fourth-order valence-electron chi connectivity index (χ4n) is 1.94. The first-order valence-electron chi connectivity index (χ1n) is 6.80. The van der Waals surface area contributed by atoms with Gasteiger partial charge in [-0.25, -0.2) is 9.97 Å². The molecule has 0 bridgehead atoms. The number of alkyl halides is 3. The fraction of sp³-hybridized carbons (Fsp3) is 0.125. The van der Waals surface area contributed by atoms with Gasteiger partial charge >= 0.3 is 6.18 Å². The molecule has 0 saturated carbocycles.